The summed E-state index contributed by atoms with van der Waals surface area (Å²) >= 11 is 0. The number of rotatable bonds is 5. The number of fused-ring (bicyclic) bond motifs is 1. The first kappa shape index (κ1) is 19.1. The molecule has 1 saturated heterocycles. The van der Waals surface area contributed by atoms with Crippen molar-refractivity contribution in [2.24, 2.45) is 0 Å². The summed E-state index contributed by atoms with van der Waals surface area (Å²) in [5.41, 5.74) is 1.61. The van der Waals surface area contributed by atoms with Gasteiger partial charge in [0.1, 0.15) is 0 Å². The molecule has 27 heavy (non-hydrogen) atoms. The second kappa shape index (κ2) is 8.33. The predicted octanol–water partition coefficient (Wildman–Crippen LogP) is 1.93. The van der Waals surface area contributed by atoms with Gasteiger partial charge in [-0.15, -0.1) is 0 Å². The molecule has 2 heterocycles. The molecule has 1 fully saturated rings. The number of ether oxygens (including phenoxy) is 1. The van der Waals surface area contributed by atoms with Gasteiger partial charge in [-0.1, -0.05) is 24.5 Å². The summed E-state index contributed by atoms with van der Waals surface area (Å²) in [5.74, 6) is -1.58. The van der Waals surface area contributed by atoms with Gasteiger partial charge in [-0.3, -0.25) is 24.1 Å². The number of imide groups is 1. The Balaban J connectivity index is 1.47. The molecule has 7 nitrogen and oxygen atoms in total. The zero-order valence-electron chi connectivity index (χ0n) is 15.5. The molecule has 7 heteroatoms. The monoisotopic (exact) mass is 372 g/mol. The number of carbonyl (C=O) groups is 4. The molecule has 1 aromatic rings. The first-order chi connectivity index (χ1) is 13.0. The zero-order chi connectivity index (χ0) is 19.4. The van der Waals surface area contributed by atoms with Crippen molar-refractivity contribution in [3.05, 3.63) is 34.9 Å². The minimum atomic E-state index is -0.592. The quantitative estimate of drug-likeness (QED) is 0.582. The molecule has 2 aliphatic rings. The normalized spacial score (nSPS) is 16.9. The van der Waals surface area contributed by atoms with Crippen molar-refractivity contribution in [3.63, 3.8) is 0 Å². The smallest absolute Gasteiger partial charge is 0.308 e. The Morgan fingerprint density at radius 1 is 1.00 bits per heavy atom. The number of esters is 1. The third-order valence-corrected chi connectivity index (χ3v) is 4.98. The van der Waals surface area contributed by atoms with Crippen molar-refractivity contribution in [2.75, 3.05) is 26.2 Å². The summed E-state index contributed by atoms with van der Waals surface area (Å²) in [6.45, 7) is 2.90. The molecule has 1 aromatic carbocycles. The molecule has 0 aliphatic carbocycles. The number of benzene rings is 1. The van der Waals surface area contributed by atoms with Crippen LogP contribution in [0.4, 0.5) is 0 Å². The fraction of sp³-hybridized carbons (Fsp3) is 0.500. The van der Waals surface area contributed by atoms with E-state index in [0.29, 0.717) is 24.2 Å². The van der Waals surface area contributed by atoms with Crippen LogP contribution in [0.25, 0.3) is 0 Å². The van der Waals surface area contributed by atoms with E-state index >= 15 is 0 Å². The predicted molar refractivity (Wildman–Crippen MR) is 97.2 cm³/mol. The standard InChI is InChI=1S/C20H24N2O5/c1-14-6-7-15-16(12-14)20(26)22(19(15)25)11-8-18(24)27-13-17(23)21-9-4-2-3-5-10-21/h6-7,12H,2-5,8-11,13H2,1H3. The van der Waals surface area contributed by atoms with Crippen LogP contribution in [0.1, 0.15) is 58.4 Å². The van der Waals surface area contributed by atoms with E-state index in [4.69, 9.17) is 4.74 Å². The Morgan fingerprint density at radius 3 is 2.37 bits per heavy atom. The van der Waals surface area contributed by atoms with Gasteiger partial charge in [0.15, 0.2) is 6.61 Å². The van der Waals surface area contributed by atoms with E-state index in [1.807, 2.05) is 6.92 Å². The average Bonchev–Trinajstić information content (AvgIpc) is 2.85. The van der Waals surface area contributed by atoms with Crippen LogP contribution in [0.2, 0.25) is 0 Å². The van der Waals surface area contributed by atoms with E-state index < -0.39 is 17.8 Å². The van der Waals surface area contributed by atoms with Crippen molar-refractivity contribution in [1.82, 2.24) is 9.80 Å². The molecule has 0 unspecified atom stereocenters. The van der Waals surface area contributed by atoms with Crippen LogP contribution in [-0.4, -0.2) is 59.7 Å². The van der Waals surface area contributed by atoms with Gasteiger partial charge in [0.25, 0.3) is 17.7 Å². The molecule has 0 bridgehead atoms. The van der Waals surface area contributed by atoms with E-state index in [1.54, 1.807) is 23.1 Å². The van der Waals surface area contributed by atoms with E-state index in [-0.39, 0.29) is 25.5 Å². The molecule has 144 valence electrons. The number of nitrogens with zero attached hydrogens (tertiary/aromatic N) is 2. The molecule has 2 aliphatic heterocycles. The molecule has 0 spiro atoms. The molecule has 0 atom stereocenters. The van der Waals surface area contributed by atoms with Gasteiger partial charge in [-0.2, -0.15) is 0 Å². The summed E-state index contributed by atoms with van der Waals surface area (Å²) in [5, 5.41) is 0. The van der Waals surface area contributed by atoms with Gasteiger partial charge in [0, 0.05) is 19.6 Å². The highest BCUT2D eigenvalue weighted by molar-refractivity contribution is 6.21. The van der Waals surface area contributed by atoms with Crippen molar-refractivity contribution in [2.45, 2.75) is 39.0 Å². The zero-order valence-corrected chi connectivity index (χ0v) is 15.5. The van der Waals surface area contributed by atoms with E-state index in [0.717, 1.165) is 36.1 Å². The fourth-order valence-corrected chi connectivity index (χ4v) is 3.44. The fourth-order valence-electron chi connectivity index (χ4n) is 3.44. The molecule has 0 N–H and O–H groups in total. The van der Waals surface area contributed by atoms with Gasteiger partial charge in [0.2, 0.25) is 0 Å². The Bertz CT molecular complexity index is 766. The highest BCUT2D eigenvalue weighted by Gasteiger charge is 2.35. The molecule has 0 aromatic heterocycles. The molecular weight excluding hydrogens is 348 g/mol. The van der Waals surface area contributed by atoms with Crippen molar-refractivity contribution in [1.29, 1.82) is 0 Å². The number of likely N-dealkylation sites (tertiary alicyclic amines) is 1. The van der Waals surface area contributed by atoms with Crippen LogP contribution in [-0.2, 0) is 14.3 Å². The van der Waals surface area contributed by atoms with Crippen LogP contribution in [0.3, 0.4) is 0 Å². The maximum Gasteiger partial charge on any atom is 0.308 e. The lowest BCUT2D eigenvalue weighted by Crippen LogP contribution is -2.36. The maximum absolute atomic E-state index is 12.4. The third-order valence-electron chi connectivity index (χ3n) is 4.98. The van der Waals surface area contributed by atoms with Crippen LogP contribution >= 0.6 is 0 Å². The second-order valence-corrected chi connectivity index (χ2v) is 7.02. The van der Waals surface area contributed by atoms with Gasteiger partial charge in [0.05, 0.1) is 17.5 Å². The number of hydrogen-bond acceptors (Lipinski definition) is 5. The van der Waals surface area contributed by atoms with E-state index in [2.05, 4.69) is 0 Å². The SMILES string of the molecule is Cc1ccc2c(c1)C(=O)N(CCC(=O)OCC(=O)N1CCCCCC1)C2=O. The third kappa shape index (κ3) is 4.35. The van der Waals surface area contributed by atoms with E-state index in [9.17, 15) is 19.2 Å². The van der Waals surface area contributed by atoms with Gasteiger partial charge in [-0.25, -0.2) is 0 Å². The van der Waals surface area contributed by atoms with Crippen LogP contribution in [0, 0.1) is 6.92 Å². The Kier molecular flexibility index (Phi) is 5.88. The largest absolute Gasteiger partial charge is 0.456 e. The molecular formula is C20H24N2O5. The summed E-state index contributed by atoms with van der Waals surface area (Å²) in [6, 6.07) is 5.08. The first-order valence-electron chi connectivity index (χ1n) is 9.37. The summed E-state index contributed by atoms with van der Waals surface area (Å²) in [4.78, 5) is 51.6. The topological polar surface area (TPSA) is 84.0 Å². The second-order valence-electron chi connectivity index (χ2n) is 7.02. The number of aryl methyl sites for hydroxylation is 1. The highest BCUT2D eigenvalue weighted by atomic mass is 16.5. The minimum Gasteiger partial charge on any atom is -0.456 e. The summed E-state index contributed by atoms with van der Waals surface area (Å²) in [6.07, 6.45) is 4.04. The molecule has 3 amide bonds. The number of amides is 3. The van der Waals surface area contributed by atoms with Gasteiger partial charge in [-0.05, 0) is 31.9 Å². The molecule has 0 radical (unpaired) electrons. The minimum absolute atomic E-state index is 0.0534. The van der Waals surface area contributed by atoms with Crippen molar-refractivity contribution >= 4 is 23.7 Å². The lowest BCUT2D eigenvalue weighted by molar-refractivity contribution is -0.152. The average molecular weight is 372 g/mol. The van der Waals surface area contributed by atoms with Gasteiger partial charge >= 0.3 is 5.97 Å². The Labute approximate surface area is 158 Å². The molecule has 3 rings (SSSR count). The molecule has 0 saturated carbocycles. The van der Waals surface area contributed by atoms with Gasteiger partial charge < -0.3 is 9.64 Å². The van der Waals surface area contributed by atoms with Crippen LogP contribution < -0.4 is 0 Å². The van der Waals surface area contributed by atoms with Crippen LogP contribution in [0.5, 0.6) is 0 Å². The highest BCUT2D eigenvalue weighted by Crippen LogP contribution is 2.24. The lowest BCUT2D eigenvalue weighted by Gasteiger charge is -2.20. The summed E-state index contributed by atoms with van der Waals surface area (Å²) in [7, 11) is 0. The van der Waals surface area contributed by atoms with Crippen molar-refractivity contribution in [3.8, 4) is 0 Å². The van der Waals surface area contributed by atoms with E-state index in [1.165, 1.54) is 0 Å². The van der Waals surface area contributed by atoms with Crippen molar-refractivity contribution < 1.29 is 23.9 Å². The Morgan fingerprint density at radius 2 is 1.67 bits per heavy atom. The first-order valence-corrected chi connectivity index (χ1v) is 9.37. The number of hydrogen-bond donors (Lipinski definition) is 0. The Hall–Kier alpha value is -2.70. The number of carbonyl (C=O) groups excluding carboxylic acids is 4. The lowest BCUT2D eigenvalue weighted by atomic mass is 10.1. The summed E-state index contributed by atoms with van der Waals surface area (Å²) < 4.78 is 5.04. The maximum atomic E-state index is 12.4. The van der Waals surface area contributed by atoms with Crippen LogP contribution in [0.15, 0.2) is 18.2 Å².